The predicted octanol–water partition coefficient (Wildman–Crippen LogP) is 3.45. The third kappa shape index (κ3) is 4.11. The summed E-state index contributed by atoms with van der Waals surface area (Å²) >= 11 is 4.97. The van der Waals surface area contributed by atoms with Crippen LogP contribution in [0.25, 0.3) is 0 Å². The first-order valence-electron chi connectivity index (χ1n) is 6.24. The molecule has 0 saturated carbocycles. The number of aryl methyl sites for hydroxylation is 1. The molecule has 20 heavy (non-hydrogen) atoms. The van der Waals surface area contributed by atoms with Crippen molar-refractivity contribution in [2.45, 2.75) is 24.8 Å². The maximum Gasteiger partial charge on any atom is 0.230 e. The first-order valence-corrected chi connectivity index (χ1v) is 8.01. The van der Waals surface area contributed by atoms with E-state index in [2.05, 4.69) is 31.2 Å². The third-order valence-corrected chi connectivity index (χ3v) is 4.47. The number of nitrogens with one attached hydrogen (secondary N) is 2. The van der Waals surface area contributed by atoms with Crippen molar-refractivity contribution in [3.05, 3.63) is 46.5 Å². The van der Waals surface area contributed by atoms with Crippen molar-refractivity contribution in [3.8, 4) is 0 Å². The summed E-state index contributed by atoms with van der Waals surface area (Å²) in [5.74, 6) is 1.16. The van der Waals surface area contributed by atoms with Crippen molar-refractivity contribution < 1.29 is 4.79 Å². The van der Waals surface area contributed by atoms with E-state index in [1.165, 1.54) is 11.8 Å². The fourth-order valence-corrected chi connectivity index (χ4v) is 3.08. The number of benzene rings is 1. The van der Waals surface area contributed by atoms with Gasteiger partial charge < -0.3 is 10.3 Å². The zero-order chi connectivity index (χ0) is 14.5. The summed E-state index contributed by atoms with van der Waals surface area (Å²) in [5, 5.41) is 2.92. The van der Waals surface area contributed by atoms with Gasteiger partial charge in [-0.15, -0.1) is 11.8 Å². The molecule has 0 spiro atoms. The molecule has 6 heteroatoms. The number of rotatable bonds is 5. The summed E-state index contributed by atoms with van der Waals surface area (Å²) in [4.78, 5) is 20.2. The Balaban J connectivity index is 1.86. The Morgan fingerprint density at radius 1 is 1.55 bits per heavy atom. The first-order chi connectivity index (χ1) is 9.56. The predicted molar refractivity (Wildman–Crippen MR) is 84.7 cm³/mol. The molecule has 4 nitrogen and oxygen atoms in total. The quantitative estimate of drug-likeness (QED) is 0.809. The molecule has 1 amide bonds. The second kappa shape index (κ2) is 6.95. The molecular formula is C14H16BrN3OS. The van der Waals surface area contributed by atoms with E-state index in [1.54, 1.807) is 12.4 Å². The van der Waals surface area contributed by atoms with Crippen molar-refractivity contribution in [2.75, 3.05) is 5.75 Å². The van der Waals surface area contributed by atoms with Crippen molar-refractivity contribution in [1.29, 1.82) is 0 Å². The molecule has 1 aromatic heterocycles. The monoisotopic (exact) mass is 353 g/mol. The Morgan fingerprint density at radius 3 is 3.00 bits per heavy atom. The third-order valence-electron chi connectivity index (χ3n) is 2.80. The van der Waals surface area contributed by atoms with Crippen LogP contribution in [0.1, 0.15) is 24.4 Å². The molecule has 0 saturated heterocycles. The molecule has 0 fully saturated rings. The highest BCUT2D eigenvalue weighted by Gasteiger charge is 2.12. The summed E-state index contributed by atoms with van der Waals surface area (Å²) in [5.41, 5.74) is 1.16. The average molecular weight is 354 g/mol. The lowest BCUT2D eigenvalue weighted by Gasteiger charge is -2.12. The maximum absolute atomic E-state index is 11.9. The van der Waals surface area contributed by atoms with Gasteiger partial charge >= 0.3 is 0 Å². The minimum Gasteiger partial charge on any atom is -0.347 e. The Kier molecular flexibility index (Phi) is 5.25. The van der Waals surface area contributed by atoms with E-state index in [-0.39, 0.29) is 11.9 Å². The molecule has 2 aromatic rings. The summed E-state index contributed by atoms with van der Waals surface area (Å²) in [6, 6.07) is 5.95. The molecule has 106 valence electrons. The van der Waals surface area contributed by atoms with Crippen LogP contribution in [0, 0.1) is 6.92 Å². The van der Waals surface area contributed by atoms with Gasteiger partial charge in [-0.25, -0.2) is 4.98 Å². The molecule has 0 bridgehead atoms. The minimum absolute atomic E-state index is 0.00113. The Morgan fingerprint density at radius 2 is 2.35 bits per heavy atom. The number of aromatic nitrogens is 2. The molecular weight excluding hydrogens is 338 g/mol. The van der Waals surface area contributed by atoms with Gasteiger partial charge in [0, 0.05) is 21.8 Å². The van der Waals surface area contributed by atoms with Gasteiger partial charge in [0.15, 0.2) is 0 Å². The number of hydrogen-bond donors (Lipinski definition) is 2. The molecule has 1 unspecified atom stereocenters. The van der Waals surface area contributed by atoms with Crippen LogP contribution in [0.5, 0.6) is 0 Å². The van der Waals surface area contributed by atoms with Crippen LogP contribution in [-0.4, -0.2) is 21.6 Å². The second-order valence-corrected chi connectivity index (χ2v) is 6.39. The average Bonchev–Trinajstić information content (AvgIpc) is 2.91. The lowest BCUT2D eigenvalue weighted by molar-refractivity contribution is -0.119. The van der Waals surface area contributed by atoms with Crippen LogP contribution in [0.4, 0.5) is 0 Å². The van der Waals surface area contributed by atoms with Gasteiger partial charge in [0.2, 0.25) is 5.91 Å². The van der Waals surface area contributed by atoms with Gasteiger partial charge in [0.05, 0.1) is 11.8 Å². The minimum atomic E-state index is -0.107. The molecule has 1 aromatic carbocycles. The fraction of sp³-hybridized carbons (Fsp3) is 0.286. The lowest BCUT2D eigenvalue weighted by Crippen LogP contribution is -2.28. The number of hydrogen-bond acceptors (Lipinski definition) is 3. The number of nitrogens with zero attached hydrogens (tertiary/aromatic N) is 1. The molecule has 0 radical (unpaired) electrons. The van der Waals surface area contributed by atoms with Crippen LogP contribution >= 0.6 is 27.7 Å². The topological polar surface area (TPSA) is 57.8 Å². The second-order valence-electron chi connectivity index (χ2n) is 4.46. The van der Waals surface area contributed by atoms with Gasteiger partial charge in [-0.05, 0) is 37.6 Å². The standard InChI is InChI=1S/C14H16BrN3OS/c1-9-7-11(15)3-4-12(9)20-8-13(19)18-10(2)14-16-5-6-17-14/h3-7,10H,8H2,1-2H3,(H,16,17)(H,18,19). The first kappa shape index (κ1) is 15.1. The van der Waals surface area contributed by atoms with Gasteiger partial charge in [0.25, 0.3) is 0 Å². The SMILES string of the molecule is Cc1cc(Br)ccc1SCC(=O)NC(C)c1ncc[nH]1. The van der Waals surface area contributed by atoms with Gasteiger partial charge in [0.1, 0.15) is 5.82 Å². The van der Waals surface area contributed by atoms with Crippen molar-refractivity contribution >= 4 is 33.6 Å². The number of H-pyrrole nitrogens is 1. The Hall–Kier alpha value is -1.27. The number of halogens is 1. The highest BCUT2D eigenvalue weighted by molar-refractivity contribution is 9.10. The molecule has 2 rings (SSSR count). The molecule has 0 aliphatic heterocycles. The number of carbonyl (C=O) groups excluding carboxylic acids is 1. The molecule has 0 aliphatic carbocycles. The van der Waals surface area contributed by atoms with E-state index in [4.69, 9.17) is 0 Å². The van der Waals surface area contributed by atoms with E-state index in [0.29, 0.717) is 5.75 Å². The molecule has 2 N–H and O–H groups in total. The largest absolute Gasteiger partial charge is 0.347 e. The van der Waals surface area contributed by atoms with Crippen LogP contribution in [-0.2, 0) is 4.79 Å². The number of aromatic amines is 1. The summed E-state index contributed by atoms with van der Waals surface area (Å²) in [6.45, 7) is 3.95. The number of thioether (sulfide) groups is 1. The summed E-state index contributed by atoms with van der Waals surface area (Å²) in [6.07, 6.45) is 3.43. The molecule has 1 heterocycles. The molecule has 0 aliphatic rings. The Labute approximate surface area is 130 Å². The van der Waals surface area contributed by atoms with Gasteiger partial charge in [-0.3, -0.25) is 4.79 Å². The van der Waals surface area contributed by atoms with E-state index < -0.39 is 0 Å². The van der Waals surface area contributed by atoms with Gasteiger partial charge in [-0.1, -0.05) is 15.9 Å². The van der Waals surface area contributed by atoms with Gasteiger partial charge in [-0.2, -0.15) is 0 Å². The van der Waals surface area contributed by atoms with Crippen molar-refractivity contribution in [2.24, 2.45) is 0 Å². The van der Waals surface area contributed by atoms with E-state index in [0.717, 1.165) is 20.8 Å². The Bertz CT molecular complexity index is 586. The zero-order valence-corrected chi connectivity index (χ0v) is 13.7. The van der Waals surface area contributed by atoms with E-state index in [9.17, 15) is 4.79 Å². The lowest BCUT2D eigenvalue weighted by atomic mass is 10.2. The number of carbonyl (C=O) groups is 1. The smallest absolute Gasteiger partial charge is 0.230 e. The maximum atomic E-state index is 11.9. The highest BCUT2D eigenvalue weighted by atomic mass is 79.9. The van der Waals surface area contributed by atoms with Crippen molar-refractivity contribution in [1.82, 2.24) is 15.3 Å². The normalized spacial score (nSPS) is 12.2. The van der Waals surface area contributed by atoms with E-state index in [1.807, 2.05) is 32.0 Å². The highest BCUT2D eigenvalue weighted by Crippen LogP contribution is 2.25. The van der Waals surface area contributed by atoms with Crippen LogP contribution in [0.15, 0.2) is 40.0 Å². The van der Waals surface area contributed by atoms with Crippen LogP contribution in [0.3, 0.4) is 0 Å². The summed E-state index contributed by atoms with van der Waals surface area (Å²) in [7, 11) is 0. The summed E-state index contributed by atoms with van der Waals surface area (Å²) < 4.78 is 1.05. The van der Waals surface area contributed by atoms with Crippen LogP contribution in [0.2, 0.25) is 0 Å². The number of imidazole rings is 1. The zero-order valence-electron chi connectivity index (χ0n) is 11.3. The molecule has 1 atom stereocenters. The van der Waals surface area contributed by atoms with Crippen LogP contribution < -0.4 is 5.32 Å². The van der Waals surface area contributed by atoms with Crippen molar-refractivity contribution in [3.63, 3.8) is 0 Å². The van der Waals surface area contributed by atoms with E-state index >= 15 is 0 Å². The number of amides is 1. The fourth-order valence-electron chi connectivity index (χ4n) is 1.78.